The van der Waals surface area contributed by atoms with E-state index in [0.29, 0.717) is 11.4 Å². The van der Waals surface area contributed by atoms with Gasteiger partial charge >= 0.3 is 5.97 Å². The summed E-state index contributed by atoms with van der Waals surface area (Å²) in [5.74, 6) is -0.789. The lowest BCUT2D eigenvalue weighted by atomic mass is 10.2. The predicted molar refractivity (Wildman–Crippen MR) is 89.6 cm³/mol. The molecule has 130 valence electrons. The fourth-order valence-electron chi connectivity index (χ4n) is 1.97. The molecule has 1 atom stereocenters. The quantitative estimate of drug-likeness (QED) is 0.490. The largest absolute Gasteiger partial charge is 0.497 e. The number of carbonyl (C=O) groups is 2. The summed E-state index contributed by atoms with van der Waals surface area (Å²) in [5.41, 5.74) is 0.251. The van der Waals surface area contributed by atoms with Gasteiger partial charge in [-0.1, -0.05) is 12.1 Å². The first-order valence-electron chi connectivity index (χ1n) is 7.31. The van der Waals surface area contributed by atoms with Crippen LogP contribution in [0.25, 0.3) is 0 Å². The summed E-state index contributed by atoms with van der Waals surface area (Å²) in [5, 5.41) is 13.3. The molecule has 8 nitrogen and oxygen atoms in total. The van der Waals surface area contributed by atoms with Gasteiger partial charge in [-0.2, -0.15) is 0 Å². The molecule has 0 aliphatic heterocycles. The molecule has 0 aliphatic rings. The Hall–Kier alpha value is -3.42. The number of rotatable bonds is 6. The maximum atomic E-state index is 12.1. The van der Waals surface area contributed by atoms with Gasteiger partial charge in [-0.05, 0) is 25.1 Å². The van der Waals surface area contributed by atoms with Crippen molar-refractivity contribution in [2.24, 2.45) is 0 Å². The van der Waals surface area contributed by atoms with Gasteiger partial charge in [-0.25, -0.2) is 4.79 Å². The number of nitrogens with zero attached hydrogens (tertiary/aromatic N) is 1. The number of non-ortho nitro benzene ring substituents is 1. The Morgan fingerprint density at radius 2 is 1.88 bits per heavy atom. The Morgan fingerprint density at radius 3 is 2.56 bits per heavy atom. The maximum Gasteiger partial charge on any atom is 0.339 e. The second kappa shape index (κ2) is 7.91. The minimum absolute atomic E-state index is 0.00442. The van der Waals surface area contributed by atoms with Crippen LogP contribution >= 0.6 is 0 Å². The minimum Gasteiger partial charge on any atom is -0.497 e. The highest BCUT2D eigenvalue weighted by Gasteiger charge is 2.20. The average Bonchev–Trinajstić information content (AvgIpc) is 2.61. The molecule has 0 aromatic heterocycles. The van der Waals surface area contributed by atoms with Crippen molar-refractivity contribution in [2.75, 3.05) is 12.4 Å². The Balaban J connectivity index is 2.01. The van der Waals surface area contributed by atoms with Crippen molar-refractivity contribution in [3.8, 4) is 5.75 Å². The molecule has 8 heteroatoms. The number of carbonyl (C=O) groups excluding carboxylic acids is 2. The molecule has 0 spiro atoms. The summed E-state index contributed by atoms with van der Waals surface area (Å²) in [7, 11) is 1.50. The number of benzene rings is 2. The molecule has 0 bridgehead atoms. The van der Waals surface area contributed by atoms with Gasteiger partial charge in [-0.15, -0.1) is 0 Å². The lowest BCUT2D eigenvalue weighted by molar-refractivity contribution is -0.384. The molecule has 2 rings (SSSR count). The van der Waals surface area contributed by atoms with Crippen molar-refractivity contribution in [1.29, 1.82) is 0 Å². The molecule has 0 unspecified atom stereocenters. The van der Waals surface area contributed by atoms with Crippen LogP contribution in [0.5, 0.6) is 5.75 Å². The number of nitro groups is 1. The molecule has 0 heterocycles. The van der Waals surface area contributed by atoms with Crippen LogP contribution in [0.2, 0.25) is 0 Å². The standard InChI is InChI=1S/C17H16N2O6/c1-11(16(20)18-13-6-4-8-15(10-13)24-2)25-17(21)12-5-3-7-14(9-12)19(22)23/h3-11H,1-2H3,(H,18,20)/t11-/m1/s1. The van der Waals surface area contributed by atoms with E-state index in [1.807, 2.05) is 0 Å². The van der Waals surface area contributed by atoms with Gasteiger partial charge in [0, 0.05) is 23.9 Å². The highest BCUT2D eigenvalue weighted by Crippen LogP contribution is 2.18. The van der Waals surface area contributed by atoms with E-state index < -0.39 is 22.9 Å². The van der Waals surface area contributed by atoms with Crippen molar-refractivity contribution in [1.82, 2.24) is 0 Å². The van der Waals surface area contributed by atoms with Crippen molar-refractivity contribution < 1.29 is 24.0 Å². The third kappa shape index (κ3) is 4.77. The van der Waals surface area contributed by atoms with E-state index in [4.69, 9.17) is 9.47 Å². The monoisotopic (exact) mass is 344 g/mol. The smallest absolute Gasteiger partial charge is 0.339 e. The Labute approximate surface area is 143 Å². The molecule has 0 saturated carbocycles. The molecule has 0 saturated heterocycles. The molecule has 2 aromatic rings. The number of hydrogen-bond donors (Lipinski definition) is 1. The third-order valence-electron chi connectivity index (χ3n) is 3.28. The molecule has 0 aliphatic carbocycles. The van der Waals surface area contributed by atoms with E-state index in [0.717, 1.165) is 6.07 Å². The van der Waals surface area contributed by atoms with Gasteiger partial charge in [0.05, 0.1) is 17.6 Å². The van der Waals surface area contributed by atoms with Gasteiger partial charge in [0.15, 0.2) is 6.10 Å². The van der Waals surface area contributed by atoms with E-state index in [-0.39, 0.29) is 11.3 Å². The van der Waals surface area contributed by atoms with Crippen molar-refractivity contribution in [3.05, 3.63) is 64.2 Å². The van der Waals surface area contributed by atoms with Crippen molar-refractivity contribution >= 4 is 23.3 Å². The van der Waals surface area contributed by atoms with E-state index in [2.05, 4.69) is 5.32 Å². The lowest BCUT2D eigenvalue weighted by Crippen LogP contribution is -2.30. The zero-order valence-corrected chi connectivity index (χ0v) is 13.6. The zero-order chi connectivity index (χ0) is 18.4. The van der Waals surface area contributed by atoms with Crippen molar-refractivity contribution in [3.63, 3.8) is 0 Å². The number of hydrogen-bond acceptors (Lipinski definition) is 6. The molecule has 1 amide bonds. The molecular weight excluding hydrogens is 328 g/mol. The van der Waals surface area contributed by atoms with Gasteiger partial charge in [0.1, 0.15) is 5.75 Å². The van der Waals surface area contributed by atoms with Gasteiger partial charge in [-0.3, -0.25) is 14.9 Å². The normalized spacial score (nSPS) is 11.3. The Bertz CT molecular complexity index is 805. The molecule has 2 aromatic carbocycles. The van der Waals surface area contributed by atoms with Crippen LogP contribution < -0.4 is 10.1 Å². The summed E-state index contributed by atoms with van der Waals surface area (Å²) in [6.07, 6.45) is -1.09. The molecule has 25 heavy (non-hydrogen) atoms. The van der Waals surface area contributed by atoms with E-state index >= 15 is 0 Å². The number of nitro benzene ring substituents is 1. The van der Waals surface area contributed by atoms with Gasteiger partial charge in [0.2, 0.25) is 0 Å². The van der Waals surface area contributed by atoms with Crippen LogP contribution in [-0.4, -0.2) is 30.0 Å². The van der Waals surface area contributed by atoms with Crippen LogP contribution in [0.1, 0.15) is 17.3 Å². The minimum atomic E-state index is -1.09. The number of nitrogens with one attached hydrogen (secondary N) is 1. The Morgan fingerprint density at radius 1 is 1.16 bits per heavy atom. The second-order valence-corrected chi connectivity index (χ2v) is 5.08. The number of amides is 1. The van der Waals surface area contributed by atoms with Crippen LogP contribution in [0.4, 0.5) is 11.4 Å². The summed E-state index contributed by atoms with van der Waals surface area (Å²) in [6.45, 7) is 1.41. The van der Waals surface area contributed by atoms with E-state index in [1.165, 1.54) is 32.2 Å². The predicted octanol–water partition coefficient (Wildman–Crippen LogP) is 2.79. The Kier molecular flexibility index (Phi) is 5.67. The van der Waals surface area contributed by atoms with Gasteiger partial charge in [0.25, 0.3) is 11.6 Å². The summed E-state index contributed by atoms with van der Waals surface area (Å²) >= 11 is 0. The van der Waals surface area contributed by atoms with E-state index in [1.54, 1.807) is 24.3 Å². The fraction of sp³-hybridized carbons (Fsp3) is 0.176. The maximum absolute atomic E-state index is 12.1. The molecular formula is C17H16N2O6. The summed E-state index contributed by atoms with van der Waals surface area (Å²) in [6, 6.07) is 11.8. The number of esters is 1. The van der Waals surface area contributed by atoms with Crippen LogP contribution in [0, 0.1) is 10.1 Å². The van der Waals surface area contributed by atoms with Crippen LogP contribution in [-0.2, 0) is 9.53 Å². The average molecular weight is 344 g/mol. The summed E-state index contributed by atoms with van der Waals surface area (Å²) < 4.78 is 10.1. The first kappa shape index (κ1) is 17.9. The highest BCUT2D eigenvalue weighted by molar-refractivity contribution is 5.97. The first-order chi connectivity index (χ1) is 11.9. The topological polar surface area (TPSA) is 108 Å². The lowest BCUT2D eigenvalue weighted by Gasteiger charge is -2.14. The first-order valence-corrected chi connectivity index (χ1v) is 7.31. The highest BCUT2D eigenvalue weighted by atomic mass is 16.6. The number of anilines is 1. The SMILES string of the molecule is COc1cccc(NC(=O)[C@@H](C)OC(=O)c2cccc([N+](=O)[O-])c2)c1. The third-order valence-corrected chi connectivity index (χ3v) is 3.28. The zero-order valence-electron chi connectivity index (χ0n) is 13.6. The number of methoxy groups -OCH3 is 1. The van der Waals surface area contributed by atoms with Crippen LogP contribution in [0.3, 0.4) is 0 Å². The van der Waals surface area contributed by atoms with Crippen LogP contribution in [0.15, 0.2) is 48.5 Å². The summed E-state index contributed by atoms with van der Waals surface area (Å²) in [4.78, 5) is 34.3. The van der Waals surface area contributed by atoms with E-state index in [9.17, 15) is 19.7 Å². The second-order valence-electron chi connectivity index (χ2n) is 5.08. The number of ether oxygens (including phenoxy) is 2. The van der Waals surface area contributed by atoms with Gasteiger partial charge < -0.3 is 14.8 Å². The molecule has 0 radical (unpaired) electrons. The van der Waals surface area contributed by atoms with Crippen molar-refractivity contribution in [2.45, 2.75) is 13.0 Å². The molecule has 1 N–H and O–H groups in total. The fourth-order valence-corrected chi connectivity index (χ4v) is 1.97. The molecule has 0 fully saturated rings.